The minimum atomic E-state index is -3.85. The van der Waals surface area contributed by atoms with E-state index in [9.17, 15) is 18.0 Å². The Labute approximate surface area is 214 Å². The number of carbonyl (C=O) groups excluding carboxylic acids is 2. The summed E-state index contributed by atoms with van der Waals surface area (Å²) in [7, 11) is -0.932. The topological polar surface area (TPSA) is 105 Å². The molecule has 0 saturated heterocycles. The molecule has 0 aliphatic rings. The lowest BCUT2D eigenvalue weighted by molar-refractivity contribution is -0.139. The molecular formula is C26H37N3O6S. The van der Waals surface area contributed by atoms with Gasteiger partial charge in [-0.1, -0.05) is 31.2 Å². The standard InChI is InChI=1S/C26H37N3O6S/c1-8-19(3)27-26(31)20(4)28(16-21-12-10-9-11-18(21)2)25(30)17-29(36(7,32)33)22-13-14-23(34-5)24(15-22)35-6/h9-15,19-20H,8,16-17H2,1-7H3,(H,27,31)/t19-,20+/m0/s1. The van der Waals surface area contributed by atoms with Gasteiger partial charge in [0.15, 0.2) is 11.5 Å². The SMILES string of the molecule is CC[C@H](C)NC(=O)[C@@H](C)N(Cc1ccccc1C)C(=O)CN(c1ccc(OC)c(OC)c1)S(C)(=O)=O. The first kappa shape index (κ1) is 29.0. The van der Waals surface area contributed by atoms with Gasteiger partial charge in [0.1, 0.15) is 12.6 Å². The van der Waals surface area contributed by atoms with Crippen LogP contribution in [0.4, 0.5) is 5.69 Å². The van der Waals surface area contributed by atoms with Gasteiger partial charge in [0.05, 0.1) is 26.2 Å². The van der Waals surface area contributed by atoms with Crippen molar-refractivity contribution < 1.29 is 27.5 Å². The molecular weight excluding hydrogens is 482 g/mol. The quantitative estimate of drug-likeness (QED) is 0.462. The van der Waals surface area contributed by atoms with Gasteiger partial charge in [-0.2, -0.15) is 0 Å². The van der Waals surface area contributed by atoms with Crippen LogP contribution in [0.5, 0.6) is 11.5 Å². The van der Waals surface area contributed by atoms with Crippen LogP contribution in [-0.4, -0.2) is 64.2 Å². The van der Waals surface area contributed by atoms with Crippen molar-refractivity contribution in [3.05, 3.63) is 53.6 Å². The number of ether oxygens (including phenoxy) is 2. The van der Waals surface area contributed by atoms with Crippen LogP contribution < -0.4 is 19.1 Å². The summed E-state index contributed by atoms with van der Waals surface area (Å²) < 4.78 is 37.0. The molecule has 0 radical (unpaired) electrons. The van der Waals surface area contributed by atoms with Crippen molar-refractivity contribution in [1.29, 1.82) is 0 Å². The summed E-state index contributed by atoms with van der Waals surface area (Å²) in [5, 5.41) is 2.91. The number of benzene rings is 2. The third-order valence-corrected chi connectivity index (χ3v) is 7.25. The van der Waals surface area contributed by atoms with E-state index in [4.69, 9.17) is 9.47 Å². The van der Waals surface area contributed by atoms with Crippen LogP contribution in [0.25, 0.3) is 0 Å². The predicted molar refractivity (Wildman–Crippen MR) is 141 cm³/mol. The van der Waals surface area contributed by atoms with Gasteiger partial charge in [0, 0.05) is 18.7 Å². The summed E-state index contributed by atoms with van der Waals surface area (Å²) in [5.41, 5.74) is 2.08. The average Bonchev–Trinajstić information content (AvgIpc) is 2.84. The highest BCUT2D eigenvalue weighted by Gasteiger charge is 2.31. The molecule has 0 aliphatic carbocycles. The minimum Gasteiger partial charge on any atom is -0.493 e. The summed E-state index contributed by atoms with van der Waals surface area (Å²) in [5.74, 6) is -0.0553. The zero-order valence-electron chi connectivity index (χ0n) is 22.1. The Morgan fingerprint density at radius 2 is 1.67 bits per heavy atom. The number of amides is 2. The molecule has 0 fully saturated rings. The van der Waals surface area contributed by atoms with E-state index in [1.165, 1.54) is 25.2 Å². The van der Waals surface area contributed by atoms with Crippen molar-refractivity contribution in [2.75, 3.05) is 31.3 Å². The van der Waals surface area contributed by atoms with Crippen LogP contribution >= 0.6 is 0 Å². The fourth-order valence-electron chi connectivity index (χ4n) is 3.61. The smallest absolute Gasteiger partial charge is 0.244 e. The molecule has 2 aromatic rings. The second kappa shape index (κ2) is 12.6. The highest BCUT2D eigenvalue weighted by molar-refractivity contribution is 7.92. The zero-order chi connectivity index (χ0) is 27.0. The van der Waals surface area contributed by atoms with Crippen molar-refractivity contribution >= 4 is 27.5 Å². The molecule has 2 rings (SSSR count). The van der Waals surface area contributed by atoms with E-state index in [1.807, 2.05) is 45.0 Å². The molecule has 0 bridgehead atoms. The van der Waals surface area contributed by atoms with Crippen LogP contribution in [0.15, 0.2) is 42.5 Å². The maximum Gasteiger partial charge on any atom is 0.244 e. The summed E-state index contributed by atoms with van der Waals surface area (Å²) in [6, 6.07) is 11.3. The molecule has 36 heavy (non-hydrogen) atoms. The molecule has 0 saturated carbocycles. The molecule has 0 spiro atoms. The first-order valence-corrected chi connectivity index (χ1v) is 13.6. The number of aryl methyl sites for hydroxylation is 1. The number of rotatable bonds is 12. The molecule has 0 unspecified atom stereocenters. The highest BCUT2D eigenvalue weighted by atomic mass is 32.2. The van der Waals surface area contributed by atoms with Crippen molar-refractivity contribution in [3.63, 3.8) is 0 Å². The second-order valence-electron chi connectivity index (χ2n) is 8.75. The van der Waals surface area contributed by atoms with Gasteiger partial charge >= 0.3 is 0 Å². The molecule has 0 aromatic heterocycles. The lowest BCUT2D eigenvalue weighted by atomic mass is 10.1. The third-order valence-electron chi connectivity index (χ3n) is 6.10. The monoisotopic (exact) mass is 519 g/mol. The summed E-state index contributed by atoms with van der Waals surface area (Å²) in [6.07, 6.45) is 1.77. The normalized spacial score (nSPS) is 12.9. The summed E-state index contributed by atoms with van der Waals surface area (Å²) in [6.45, 7) is 7.09. The third kappa shape index (κ3) is 7.36. The Morgan fingerprint density at radius 1 is 1.03 bits per heavy atom. The summed E-state index contributed by atoms with van der Waals surface area (Å²) in [4.78, 5) is 28.0. The van der Waals surface area contributed by atoms with Gasteiger partial charge in [0.25, 0.3) is 0 Å². The van der Waals surface area contributed by atoms with Gasteiger partial charge in [-0.05, 0) is 50.5 Å². The maximum absolute atomic E-state index is 13.7. The number of sulfonamides is 1. The number of methoxy groups -OCH3 is 2. The molecule has 0 aliphatic heterocycles. The van der Waals surface area contributed by atoms with Gasteiger partial charge in [-0.3, -0.25) is 13.9 Å². The van der Waals surface area contributed by atoms with E-state index in [0.717, 1.165) is 28.1 Å². The Hall–Kier alpha value is -3.27. The van der Waals surface area contributed by atoms with Gasteiger partial charge in [-0.15, -0.1) is 0 Å². The second-order valence-corrected chi connectivity index (χ2v) is 10.7. The first-order chi connectivity index (χ1) is 16.9. The molecule has 9 nitrogen and oxygen atoms in total. The minimum absolute atomic E-state index is 0.0605. The highest BCUT2D eigenvalue weighted by Crippen LogP contribution is 2.32. The Kier molecular flexibility index (Phi) is 10.2. The van der Waals surface area contributed by atoms with Crippen LogP contribution in [-0.2, 0) is 26.2 Å². The number of anilines is 1. The molecule has 1 N–H and O–H groups in total. The largest absolute Gasteiger partial charge is 0.493 e. The molecule has 10 heteroatoms. The van der Waals surface area contributed by atoms with E-state index < -0.39 is 28.5 Å². The number of nitrogens with zero attached hydrogens (tertiary/aromatic N) is 2. The zero-order valence-corrected chi connectivity index (χ0v) is 22.9. The van der Waals surface area contributed by atoms with Crippen molar-refractivity contribution in [3.8, 4) is 11.5 Å². The summed E-state index contributed by atoms with van der Waals surface area (Å²) >= 11 is 0. The number of nitrogens with one attached hydrogen (secondary N) is 1. The first-order valence-electron chi connectivity index (χ1n) is 11.8. The molecule has 2 aromatic carbocycles. The number of carbonyl (C=O) groups is 2. The van der Waals surface area contributed by atoms with E-state index in [2.05, 4.69) is 5.32 Å². The molecule has 2 amide bonds. The lowest BCUT2D eigenvalue weighted by Crippen LogP contribution is -2.52. The Morgan fingerprint density at radius 3 is 2.22 bits per heavy atom. The number of hydrogen-bond donors (Lipinski definition) is 1. The van der Waals surface area contributed by atoms with Crippen molar-refractivity contribution in [2.45, 2.75) is 52.7 Å². The van der Waals surface area contributed by atoms with E-state index in [1.54, 1.807) is 19.1 Å². The number of hydrogen-bond acceptors (Lipinski definition) is 6. The van der Waals surface area contributed by atoms with Crippen molar-refractivity contribution in [2.24, 2.45) is 0 Å². The average molecular weight is 520 g/mol. The Balaban J connectivity index is 2.45. The van der Waals surface area contributed by atoms with E-state index >= 15 is 0 Å². The molecule has 198 valence electrons. The van der Waals surface area contributed by atoms with Crippen LogP contribution in [0.1, 0.15) is 38.3 Å². The van der Waals surface area contributed by atoms with Crippen LogP contribution in [0, 0.1) is 6.92 Å². The van der Waals surface area contributed by atoms with Gasteiger partial charge < -0.3 is 19.7 Å². The lowest BCUT2D eigenvalue weighted by Gasteiger charge is -2.32. The van der Waals surface area contributed by atoms with Crippen molar-refractivity contribution in [1.82, 2.24) is 10.2 Å². The van der Waals surface area contributed by atoms with Crippen LogP contribution in [0.2, 0.25) is 0 Å². The fourth-order valence-corrected chi connectivity index (χ4v) is 4.45. The van der Waals surface area contributed by atoms with Crippen LogP contribution in [0.3, 0.4) is 0 Å². The van der Waals surface area contributed by atoms with Gasteiger partial charge in [-0.25, -0.2) is 8.42 Å². The Bertz CT molecular complexity index is 1170. The van der Waals surface area contributed by atoms with Gasteiger partial charge in [0.2, 0.25) is 21.8 Å². The van der Waals surface area contributed by atoms with E-state index in [0.29, 0.717) is 11.5 Å². The van der Waals surface area contributed by atoms with E-state index in [-0.39, 0.29) is 24.2 Å². The predicted octanol–water partition coefficient (Wildman–Crippen LogP) is 3.11. The molecule has 0 heterocycles. The molecule has 2 atom stereocenters. The maximum atomic E-state index is 13.7. The fraction of sp³-hybridized carbons (Fsp3) is 0.462.